The van der Waals surface area contributed by atoms with E-state index in [-0.39, 0.29) is 24.3 Å². The largest absolute Gasteiger partial charge is 0.417 e. The number of nitriles is 1. The lowest BCUT2D eigenvalue weighted by Gasteiger charge is -2.35. The summed E-state index contributed by atoms with van der Waals surface area (Å²) in [6.07, 6.45) is -3.16. The lowest BCUT2D eigenvalue weighted by atomic mass is 9.78. The second-order valence-corrected chi connectivity index (χ2v) is 7.76. The number of carbonyl (C=O) groups is 2. The Balaban J connectivity index is 1.82. The van der Waals surface area contributed by atoms with Gasteiger partial charge < -0.3 is 15.5 Å². The average Bonchev–Trinajstić information content (AvgIpc) is 3.12. The van der Waals surface area contributed by atoms with Crippen LogP contribution in [-0.4, -0.2) is 42.9 Å². The fourth-order valence-electron chi connectivity index (χ4n) is 4.52. The van der Waals surface area contributed by atoms with Crippen LogP contribution in [-0.2, 0) is 15.8 Å². The molecule has 6 nitrogen and oxygen atoms in total. The second kappa shape index (κ2) is 7.93. The zero-order valence-corrected chi connectivity index (χ0v) is 16.1. The molecule has 0 bridgehead atoms. The van der Waals surface area contributed by atoms with Crippen LogP contribution in [0.4, 0.5) is 18.9 Å². The number of benzene rings is 1. The lowest BCUT2D eigenvalue weighted by Crippen LogP contribution is -2.41. The molecule has 1 aromatic carbocycles. The van der Waals surface area contributed by atoms with Crippen LogP contribution in [0.2, 0.25) is 0 Å². The molecule has 3 rings (SSSR count). The van der Waals surface area contributed by atoms with Crippen LogP contribution in [0.15, 0.2) is 18.2 Å². The van der Waals surface area contributed by atoms with E-state index in [4.69, 9.17) is 11.0 Å². The minimum Gasteiger partial charge on any atom is -0.370 e. The van der Waals surface area contributed by atoms with Crippen molar-refractivity contribution in [2.45, 2.75) is 25.9 Å². The Morgan fingerprint density at radius 3 is 2.38 bits per heavy atom. The van der Waals surface area contributed by atoms with Crippen molar-refractivity contribution < 1.29 is 22.8 Å². The van der Waals surface area contributed by atoms with Gasteiger partial charge in [0.05, 0.1) is 23.1 Å². The Morgan fingerprint density at radius 1 is 1.21 bits per heavy atom. The van der Waals surface area contributed by atoms with Crippen LogP contribution in [0, 0.1) is 29.1 Å². The number of alkyl halides is 3. The predicted molar refractivity (Wildman–Crippen MR) is 99.5 cm³/mol. The van der Waals surface area contributed by atoms with Crippen molar-refractivity contribution in [3.8, 4) is 6.07 Å². The fourth-order valence-corrected chi connectivity index (χ4v) is 4.52. The van der Waals surface area contributed by atoms with E-state index in [1.54, 1.807) is 15.9 Å². The minimum absolute atomic E-state index is 0.0141. The number of nitrogens with zero attached hydrogens (tertiary/aromatic N) is 3. The number of halogens is 3. The first-order valence-electron chi connectivity index (χ1n) is 9.53. The first-order chi connectivity index (χ1) is 13.6. The molecule has 2 saturated heterocycles. The van der Waals surface area contributed by atoms with Gasteiger partial charge in [0.15, 0.2) is 0 Å². The van der Waals surface area contributed by atoms with E-state index in [9.17, 15) is 22.8 Å². The van der Waals surface area contributed by atoms with Gasteiger partial charge in [-0.2, -0.15) is 18.4 Å². The van der Waals surface area contributed by atoms with Crippen LogP contribution >= 0.6 is 0 Å². The Bertz CT molecular complexity index is 841. The summed E-state index contributed by atoms with van der Waals surface area (Å²) in [5, 5.41) is 8.97. The van der Waals surface area contributed by atoms with E-state index in [1.165, 1.54) is 13.0 Å². The highest BCUT2D eigenvalue weighted by Gasteiger charge is 2.42. The Labute approximate surface area is 167 Å². The van der Waals surface area contributed by atoms with Gasteiger partial charge in [-0.05, 0) is 42.9 Å². The third-order valence-corrected chi connectivity index (χ3v) is 6.12. The Morgan fingerprint density at radius 2 is 1.86 bits per heavy atom. The van der Waals surface area contributed by atoms with E-state index in [2.05, 4.69) is 0 Å². The standard InChI is InChI=1S/C20H23F3N4O2/c1-12(28)26-6-4-13(5-7-26)16-10-27(11-17(16)19(25)29)15-3-2-14(9-24)18(8-15)20(21,22)23/h2-3,8,13,16-17H,4-7,10-11H2,1H3,(H2,25,29)/t16-,17+/m0/s1. The quantitative estimate of drug-likeness (QED) is 0.832. The first-order valence-corrected chi connectivity index (χ1v) is 9.53. The van der Waals surface area contributed by atoms with Crippen LogP contribution in [0.3, 0.4) is 0 Å². The lowest BCUT2D eigenvalue weighted by molar-refractivity contribution is -0.137. The van der Waals surface area contributed by atoms with Gasteiger partial charge in [-0.15, -0.1) is 0 Å². The minimum atomic E-state index is -4.64. The van der Waals surface area contributed by atoms with Gasteiger partial charge in [0.2, 0.25) is 11.8 Å². The van der Waals surface area contributed by atoms with Gasteiger partial charge in [0.25, 0.3) is 0 Å². The molecule has 0 aromatic heterocycles. The van der Waals surface area contributed by atoms with Crippen molar-refractivity contribution in [2.75, 3.05) is 31.1 Å². The number of amides is 2. The summed E-state index contributed by atoms with van der Waals surface area (Å²) in [5.74, 6) is -0.814. The number of hydrogen-bond acceptors (Lipinski definition) is 4. The molecular formula is C20H23F3N4O2. The molecule has 2 aliphatic rings. The molecule has 0 radical (unpaired) electrons. The summed E-state index contributed by atoms with van der Waals surface area (Å²) in [6.45, 7) is 3.40. The summed E-state index contributed by atoms with van der Waals surface area (Å²) in [6, 6.07) is 5.19. The molecule has 0 aliphatic carbocycles. The second-order valence-electron chi connectivity index (χ2n) is 7.76. The maximum atomic E-state index is 13.3. The van der Waals surface area contributed by atoms with Crippen LogP contribution in [0.5, 0.6) is 0 Å². The van der Waals surface area contributed by atoms with Crippen molar-refractivity contribution in [3.63, 3.8) is 0 Å². The molecule has 2 heterocycles. The van der Waals surface area contributed by atoms with Crippen molar-refractivity contribution in [1.29, 1.82) is 5.26 Å². The molecular weight excluding hydrogens is 385 g/mol. The Kier molecular flexibility index (Phi) is 5.73. The molecule has 1 aromatic rings. The topological polar surface area (TPSA) is 90.4 Å². The highest BCUT2D eigenvalue weighted by atomic mass is 19.4. The maximum Gasteiger partial charge on any atom is 0.417 e. The van der Waals surface area contributed by atoms with E-state index in [0.717, 1.165) is 25.0 Å². The summed E-state index contributed by atoms with van der Waals surface area (Å²) >= 11 is 0. The highest BCUT2D eigenvalue weighted by Crippen LogP contribution is 2.40. The van der Waals surface area contributed by atoms with E-state index >= 15 is 0 Å². The van der Waals surface area contributed by atoms with Gasteiger partial charge >= 0.3 is 6.18 Å². The number of piperidine rings is 1. The molecule has 0 spiro atoms. The summed E-state index contributed by atoms with van der Waals surface area (Å²) in [4.78, 5) is 27.1. The molecule has 2 aliphatic heterocycles. The highest BCUT2D eigenvalue weighted by molar-refractivity contribution is 5.79. The van der Waals surface area contributed by atoms with Crippen molar-refractivity contribution in [1.82, 2.24) is 4.90 Å². The third kappa shape index (κ3) is 4.31. The SMILES string of the molecule is CC(=O)N1CCC([C@@H]2CN(c3ccc(C#N)c(C(F)(F)F)c3)C[C@H]2C(N)=O)CC1. The number of rotatable bonds is 3. The molecule has 2 amide bonds. The predicted octanol–water partition coefficient (Wildman–Crippen LogP) is 2.37. The molecule has 9 heteroatoms. The van der Waals surface area contributed by atoms with Gasteiger partial charge in [0.1, 0.15) is 0 Å². The van der Waals surface area contributed by atoms with E-state index in [0.29, 0.717) is 25.3 Å². The van der Waals surface area contributed by atoms with Gasteiger partial charge in [-0.1, -0.05) is 0 Å². The Hall–Kier alpha value is -2.76. The van der Waals surface area contributed by atoms with Gasteiger partial charge in [0, 0.05) is 38.8 Å². The van der Waals surface area contributed by atoms with Crippen LogP contribution in [0.1, 0.15) is 30.9 Å². The van der Waals surface area contributed by atoms with Crippen LogP contribution < -0.4 is 10.6 Å². The first kappa shape index (κ1) is 21.0. The zero-order chi connectivity index (χ0) is 21.3. The normalized spacial score (nSPS) is 23.1. The molecule has 0 saturated carbocycles. The zero-order valence-electron chi connectivity index (χ0n) is 16.1. The molecule has 29 heavy (non-hydrogen) atoms. The number of primary amides is 1. The third-order valence-electron chi connectivity index (χ3n) is 6.12. The maximum absolute atomic E-state index is 13.3. The summed E-state index contributed by atoms with van der Waals surface area (Å²) < 4.78 is 39.9. The number of carbonyl (C=O) groups excluding carboxylic acids is 2. The molecule has 0 unspecified atom stereocenters. The van der Waals surface area contributed by atoms with E-state index < -0.39 is 29.1 Å². The van der Waals surface area contributed by atoms with Gasteiger partial charge in [-0.3, -0.25) is 9.59 Å². The van der Waals surface area contributed by atoms with Crippen molar-refractivity contribution >= 4 is 17.5 Å². The summed E-state index contributed by atoms with van der Waals surface area (Å²) in [7, 11) is 0. The molecule has 156 valence electrons. The van der Waals surface area contributed by atoms with E-state index in [1.807, 2.05) is 0 Å². The van der Waals surface area contributed by atoms with Crippen LogP contribution in [0.25, 0.3) is 0 Å². The monoisotopic (exact) mass is 408 g/mol. The molecule has 2 atom stereocenters. The molecule has 2 N–H and O–H groups in total. The van der Waals surface area contributed by atoms with Gasteiger partial charge in [-0.25, -0.2) is 0 Å². The number of likely N-dealkylation sites (tertiary alicyclic amines) is 1. The fraction of sp³-hybridized carbons (Fsp3) is 0.550. The number of hydrogen-bond donors (Lipinski definition) is 1. The average molecular weight is 408 g/mol. The molecule has 2 fully saturated rings. The number of nitrogens with two attached hydrogens (primary N) is 1. The van der Waals surface area contributed by atoms with Crippen molar-refractivity contribution in [3.05, 3.63) is 29.3 Å². The smallest absolute Gasteiger partial charge is 0.370 e. The summed E-state index contributed by atoms with van der Waals surface area (Å²) in [5.41, 5.74) is 4.52. The number of anilines is 1. The van der Waals surface area contributed by atoms with Crippen molar-refractivity contribution in [2.24, 2.45) is 23.5 Å².